The van der Waals surface area contributed by atoms with Crippen molar-refractivity contribution in [1.29, 1.82) is 0 Å². The Morgan fingerprint density at radius 3 is 2.92 bits per heavy atom. The predicted molar refractivity (Wildman–Crippen MR) is 46.1 cm³/mol. The Morgan fingerprint density at radius 2 is 2.08 bits per heavy atom. The number of aromatic nitrogens is 1. The molecule has 0 radical (unpaired) electrons. The third-order valence-corrected chi connectivity index (χ3v) is 1.94. The molecule has 0 aliphatic rings. The average molecular weight is 160 g/mol. The minimum atomic E-state index is 0.845. The number of benzene rings is 1. The lowest BCUT2D eigenvalue weighted by Crippen LogP contribution is -2.29. The Balaban J connectivity index is 2.88. The van der Waals surface area contributed by atoms with Crippen LogP contribution >= 0.6 is 0 Å². The molecular formula is C10H10NO+. The lowest BCUT2D eigenvalue weighted by atomic mass is 10.1. The Kier molecular flexibility index (Phi) is 1.47. The summed E-state index contributed by atoms with van der Waals surface area (Å²) >= 11 is 0. The molecule has 1 N–H and O–H groups in total. The van der Waals surface area contributed by atoms with Gasteiger partial charge in [-0.15, -0.1) is 0 Å². The third-order valence-electron chi connectivity index (χ3n) is 1.94. The van der Waals surface area contributed by atoms with E-state index in [9.17, 15) is 5.21 Å². The van der Waals surface area contributed by atoms with E-state index in [0.717, 1.165) is 21.2 Å². The number of hydrogen-bond donors (Lipinski definition) is 1. The first-order chi connectivity index (χ1) is 5.77. The minimum absolute atomic E-state index is 0.845. The standard InChI is InChI=1S/C10H10NO/c1-8-4-5-9-3-2-6-11(12)10(9)7-8/h2-7,12H,1H3/q+1. The van der Waals surface area contributed by atoms with Crippen molar-refractivity contribution in [2.75, 3.05) is 0 Å². The first kappa shape index (κ1) is 7.10. The Labute approximate surface area is 70.7 Å². The number of hydrogen-bond acceptors (Lipinski definition) is 1. The lowest BCUT2D eigenvalue weighted by molar-refractivity contribution is -0.884. The van der Waals surface area contributed by atoms with Crippen LogP contribution in [0.4, 0.5) is 0 Å². The fourth-order valence-electron chi connectivity index (χ4n) is 1.30. The van der Waals surface area contributed by atoms with Gasteiger partial charge in [0.2, 0.25) is 6.20 Å². The van der Waals surface area contributed by atoms with Gasteiger partial charge >= 0.3 is 0 Å². The van der Waals surface area contributed by atoms with Crippen molar-refractivity contribution in [3.05, 3.63) is 42.1 Å². The molecule has 0 bridgehead atoms. The quantitative estimate of drug-likeness (QED) is 0.460. The van der Waals surface area contributed by atoms with Gasteiger partial charge in [-0.05, 0) is 24.6 Å². The highest BCUT2D eigenvalue weighted by atomic mass is 16.5. The molecule has 0 saturated carbocycles. The molecule has 1 aromatic heterocycles. The van der Waals surface area contributed by atoms with Crippen LogP contribution in [-0.4, -0.2) is 5.21 Å². The smallest absolute Gasteiger partial charge is 0.264 e. The predicted octanol–water partition coefficient (Wildman–Crippen LogP) is 1.67. The Hall–Kier alpha value is -1.57. The summed E-state index contributed by atoms with van der Waals surface area (Å²) in [5.41, 5.74) is 1.99. The van der Waals surface area contributed by atoms with Crippen LogP contribution in [0, 0.1) is 6.92 Å². The topological polar surface area (TPSA) is 24.1 Å². The summed E-state index contributed by atoms with van der Waals surface area (Å²) in [5.74, 6) is 0. The molecule has 0 aliphatic carbocycles. The van der Waals surface area contributed by atoms with Crippen LogP contribution in [0.2, 0.25) is 0 Å². The summed E-state index contributed by atoms with van der Waals surface area (Å²) in [6.45, 7) is 2.01. The second-order valence-corrected chi connectivity index (χ2v) is 2.92. The zero-order valence-electron chi connectivity index (χ0n) is 6.86. The number of pyridine rings is 1. The van der Waals surface area contributed by atoms with E-state index >= 15 is 0 Å². The molecule has 0 amide bonds. The van der Waals surface area contributed by atoms with Crippen LogP contribution < -0.4 is 4.73 Å². The fourth-order valence-corrected chi connectivity index (χ4v) is 1.30. The molecule has 0 unspecified atom stereocenters. The highest BCUT2D eigenvalue weighted by Gasteiger charge is 2.05. The van der Waals surface area contributed by atoms with Crippen molar-refractivity contribution < 1.29 is 9.94 Å². The fraction of sp³-hybridized carbons (Fsp3) is 0.100. The third kappa shape index (κ3) is 1.01. The molecule has 0 fully saturated rings. The van der Waals surface area contributed by atoms with E-state index in [1.165, 1.54) is 0 Å². The monoisotopic (exact) mass is 160 g/mol. The molecular weight excluding hydrogens is 150 g/mol. The van der Waals surface area contributed by atoms with E-state index in [-0.39, 0.29) is 0 Å². The molecule has 60 valence electrons. The van der Waals surface area contributed by atoms with Gasteiger partial charge in [-0.1, -0.05) is 6.07 Å². The van der Waals surface area contributed by atoms with Gasteiger partial charge in [0.1, 0.15) is 0 Å². The van der Waals surface area contributed by atoms with Gasteiger partial charge in [-0.2, -0.15) is 0 Å². The first-order valence-corrected chi connectivity index (χ1v) is 3.88. The number of nitrogens with zero attached hydrogens (tertiary/aromatic N) is 1. The molecule has 2 aromatic rings. The summed E-state index contributed by atoms with van der Waals surface area (Å²) in [4.78, 5) is 0. The van der Waals surface area contributed by atoms with Gasteiger partial charge in [-0.25, -0.2) is 0 Å². The summed E-state index contributed by atoms with van der Waals surface area (Å²) in [5, 5.41) is 10.5. The van der Waals surface area contributed by atoms with Gasteiger partial charge in [0.05, 0.1) is 5.39 Å². The second kappa shape index (κ2) is 2.48. The largest absolute Gasteiger partial charge is 0.285 e. The molecule has 1 aromatic carbocycles. The van der Waals surface area contributed by atoms with Gasteiger partial charge < -0.3 is 0 Å². The molecule has 0 saturated heterocycles. The Bertz CT molecular complexity index is 423. The van der Waals surface area contributed by atoms with Crippen LogP contribution in [0.3, 0.4) is 0 Å². The van der Waals surface area contributed by atoms with E-state index in [1.54, 1.807) is 6.20 Å². The molecule has 0 aliphatic heterocycles. The molecule has 2 rings (SSSR count). The highest BCUT2D eigenvalue weighted by Crippen LogP contribution is 2.10. The van der Waals surface area contributed by atoms with Crippen molar-refractivity contribution in [3.8, 4) is 0 Å². The van der Waals surface area contributed by atoms with Gasteiger partial charge in [0.15, 0.2) is 0 Å². The van der Waals surface area contributed by atoms with E-state index in [4.69, 9.17) is 0 Å². The molecule has 2 heteroatoms. The van der Waals surface area contributed by atoms with Crippen LogP contribution in [-0.2, 0) is 0 Å². The molecule has 2 nitrogen and oxygen atoms in total. The van der Waals surface area contributed by atoms with Crippen molar-refractivity contribution in [3.63, 3.8) is 0 Å². The van der Waals surface area contributed by atoms with E-state index < -0.39 is 0 Å². The first-order valence-electron chi connectivity index (χ1n) is 3.88. The summed E-state index contributed by atoms with van der Waals surface area (Å²) in [7, 11) is 0. The number of rotatable bonds is 0. The van der Waals surface area contributed by atoms with E-state index in [0.29, 0.717) is 0 Å². The zero-order chi connectivity index (χ0) is 8.55. The highest BCUT2D eigenvalue weighted by molar-refractivity contribution is 5.75. The zero-order valence-corrected chi connectivity index (χ0v) is 6.86. The Morgan fingerprint density at radius 1 is 1.25 bits per heavy atom. The van der Waals surface area contributed by atoms with Crippen LogP contribution in [0.5, 0.6) is 0 Å². The average Bonchev–Trinajstić information content (AvgIpc) is 2.07. The molecule has 12 heavy (non-hydrogen) atoms. The van der Waals surface area contributed by atoms with Gasteiger partial charge in [0.25, 0.3) is 5.52 Å². The van der Waals surface area contributed by atoms with Crippen molar-refractivity contribution in [2.45, 2.75) is 6.92 Å². The SMILES string of the molecule is Cc1ccc2ccc[n+](O)c2c1. The van der Waals surface area contributed by atoms with Crippen molar-refractivity contribution in [2.24, 2.45) is 0 Å². The van der Waals surface area contributed by atoms with Crippen molar-refractivity contribution >= 4 is 10.9 Å². The maximum absolute atomic E-state index is 9.41. The van der Waals surface area contributed by atoms with Gasteiger partial charge in [-0.3, -0.25) is 5.21 Å². The van der Waals surface area contributed by atoms with Crippen LogP contribution in [0.25, 0.3) is 10.9 Å². The number of fused-ring (bicyclic) bond motifs is 1. The lowest BCUT2D eigenvalue weighted by Gasteiger charge is -1.93. The number of aryl methyl sites for hydroxylation is 1. The second-order valence-electron chi connectivity index (χ2n) is 2.92. The van der Waals surface area contributed by atoms with Crippen LogP contribution in [0.15, 0.2) is 36.5 Å². The van der Waals surface area contributed by atoms with Gasteiger partial charge in [0, 0.05) is 16.9 Å². The maximum Gasteiger partial charge on any atom is 0.264 e. The van der Waals surface area contributed by atoms with Crippen LogP contribution in [0.1, 0.15) is 5.56 Å². The maximum atomic E-state index is 9.41. The summed E-state index contributed by atoms with van der Waals surface area (Å²) in [6, 6.07) is 9.77. The normalized spacial score (nSPS) is 10.4. The molecule has 0 atom stereocenters. The van der Waals surface area contributed by atoms with Crippen molar-refractivity contribution in [1.82, 2.24) is 0 Å². The minimum Gasteiger partial charge on any atom is -0.285 e. The molecule has 0 spiro atoms. The summed E-state index contributed by atoms with van der Waals surface area (Å²) < 4.78 is 1.14. The van der Waals surface area contributed by atoms with E-state index in [2.05, 4.69) is 0 Å². The van der Waals surface area contributed by atoms with E-state index in [1.807, 2.05) is 37.3 Å². The molecule has 1 heterocycles. The summed E-state index contributed by atoms with van der Waals surface area (Å²) in [6.07, 6.45) is 1.63.